The highest BCUT2D eigenvalue weighted by Gasteiger charge is 2.14. The summed E-state index contributed by atoms with van der Waals surface area (Å²) >= 11 is 0. The SMILES string of the molecule is CCC(C)CNC(=O)C(N)Cc1ccc(O)cc1. The molecule has 1 aromatic carbocycles. The molecule has 0 aromatic heterocycles. The Morgan fingerprint density at radius 1 is 1.39 bits per heavy atom. The van der Waals surface area contributed by atoms with E-state index in [2.05, 4.69) is 19.2 Å². The van der Waals surface area contributed by atoms with E-state index in [0.717, 1.165) is 12.0 Å². The number of nitrogens with two attached hydrogens (primary N) is 1. The minimum Gasteiger partial charge on any atom is -0.508 e. The van der Waals surface area contributed by atoms with Gasteiger partial charge in [0.1, 0.15) is 5.75 Å². The first-order chi connectivity index (χ1) is 8.52. The number of phenols is 1. The van der Waals surface area contributed by atoms with Gasteiger partial charge in [-0.2, -0.15) is 0 Å². The van der Waals surface area contributed by atoms with Crippen molar-refractivity contribution >= 4 is 5.91 Å². The van der Waals surface area contributed by atoms with E-state index in [1.54, 1.807) is 24.3 Å². The monoisotopic (exact) mass is 250 g/mol. The van der Waals surface area contributed by atoms with Crippen LogP contribution >= 0.6 is 0 Å². The van der Waals surface area contributed by atoms with Crippen molar-refractivity contribution < 1.29 is 9.90 Å². The van der Waals surface area contributed by atoms with Crippen LogP contribution in [0.4, 0.5) is 0 Å². The number of rotatable bonds is 6. The van der Waals surface area contributed by atoms with Gasteiger partial charge in [-0.3, -0.25) is 4.79 Å². The van der Waals surface area contributed by atoms with Crippen molar-refractivity contribution in [3.63, 3.8) is 0 Å². The first-order valence-corrected chi connectivity index (χ1v) is 6.34. The quantitative estimate of drug-likeness (QED) is 0.715. The van der Waals surface area contributed by atoms with Gasteiger partial charge < -0.3 is 16.2 Å². The van der Waals surface area contributed by atoms with Crippen molar-refractivity contribution in [3.8, 4) is 5.75 Å². The summed E-state index contributed by atoms with van der Waals surface area (Å²) in [5.74, 6) is 0.562. The molecule has 100 valence electrons. The third kappa shape index (κ3) is 4.75. The lowest BCUT2D eigenvalue weighted by molar-refractivity contribution is -0.122. The standard InChI is InChI=1S/C14H22N2O2/c1-3-10(2)9-16-14(18)13(15)8-11-4-6-12(17)7-5-11/h4-7,10,13,17H,3,8-9,15H2,1-2H3,(H,16,18). The second-order valence-corrected chi connectivity index (χ2v) is 4.74. The molecule has 0 saturated carbocycles. The fraction of sp³-hybridized carbons (Fsp3) is 0.500. The molecule has 0 spiro atoms. The molecular formula is C14H22N2O2. The van der Waals surface area contributed by atoms with Gasteiger partial charge in [0.2, 0.25) is 5.91 Å². The Balaban J connectivity index is 2.42. The fourth-order valence-corrected chi connectivity index (χ4v) is 1.53. The molecule has 0 saturated heterocycles. The fourth-order valence-electron chi connectivity index (χ4n) is 1.53. The number of hydrogen-bond donors (Lipinski definition) is 3. The number of amides is 1. The van der Waals surface area contributed by atoms with Crippen LogP contribution < -0.4 is 11.1 Å². The molecule has 2 unspecified atom stereocenters. The highest BCUT2D eigenvalue weighted by atomic mass is 16.3. The van der Waals surface area contributed by atoms with Gasteiger partial charge >= 0.3 is 0 Å². The largest absolute Gasteiger partial charge is 0.508 e. The Kier molecular flexibility index (Phi) is 5.65. The maximum atomic E-state index is 11.7. The summed E-state index contributed by atoms with van der Waals surface area (Å²) in [5, 5.41) is 12.0. The van der Waals surface area contributed by atoms with Gasteiger partial charge in [0.05, 0.1) is 6.04 Å². The minimum atomic E-state index is -0.543. The molecule has 1 aromatic rings. The Labute approximate surface area is 108 Å². The molecule has 0 heterocycles. The summed E-state index contributed by atoms with van der Waals surface area (Å²) in [4.78, 5) is 11.7. The van der Waals surface area contributed by atoms with E-state index in [-0.39, 0.29) is 11.7 Å². The Hall–Kier alpha value is -1.55. The molecule has 1 amide bonds. The summed E-state index contributed by atoms with van der Waals surface area (Å²) in [6.07, 6.45) is 1.51. The Morgan fingerprint density at radius 3 is 2.56 bits per heavy atom. The van der Waals surface area contributed by atoms with Crippen molar-refractivity contribution in [1.82, 2.24) is 5.32 Å². The van der Waals surface area contributed by atoms with Crippen LogP contribution in [0.2, 0.25) is 0 Å². The van der Waals surface area contributed by atoms with Crippen LogP contribution in [0.15, 0.2) is 24.3 Å². The highest BCUT2D eigenvalue weighted by Crippen LogP contribution is 2.10. The number of benzene rings is 1. The summed E-state index contributed by atoms with van der Waals surface area (Å²) in [6.45, 7) is 4.84. The molecule has 0 aliphatic carbocycles. The lowest BCUT2D eigenvalue weighted by atomic mass is 10.1. The van der Waals surface area contributed by atoms with E-state index in [4.69, 9.17) is 10.8 Å². The van der Waals surface area contributed by atoms with Gasteiger partial charge in [0.25, 0.3) is 0 Å². The predicted molar refractivity (Wildman–Crippen MR) is 72.3 cm³/mol. The molecule has 1 rings (SSSR count). The van der Waals surface area contributed by atoms with Crippen LogP contribution in [-0.2, 0) is 11.2 Å². The average molecular weight is 250 g/mol. The predicted octanol–water partition coefficient (Wildman–Crippen LogP) is 1.42. The third-order valence-electron chi connectivity index (χ3n) is 3.05. The minimum absolute atomic E-state index is 0.122. The smallest absolute Gasteiger partial charge is 0.237 e. The third-order valence-corrected chi connectivity index (χ3v) is 3.05. The van der Waals surface area contributed by atoms with Crippen LogP contribution in [0.25, 0.3) is 0 Å². The van der Waals surface area contributed by atoms with Crippen molar-refractivity contribution in [3.05, 3.63) is 29.8 Å². The molecule has 2 atom stereocenters. The second-order valence-electron chi connectivity index (χ2n) is 4.74. The zero-order valence-electron chi connectivity index (χ0n) is 11.0. The van der Waals surface area contributed by atoms with Crippen LogP contribution in [-0.4, -0.2) is 23.6 Å². The summed E-state index contributed by atoms with van der Waals surface area (Å²) in [5.41, 5.74) is 6.78. The van der Waals surface area contributed by atoms with Crippen molar-refractivity contribution in [1.29, 1.82) is 0 Å². The van der Waals surface area contributed by atoms with E-state index in [1.807, 2.05) is 0 Å². The Morgan fingerprint density at radius 2 is 2.00 bits per heavy atom. The van der Waals surface area contributed by atoms with Crippen LogP contribution in [0, 0.1) is 5.92 Å². The van der Waals surface area contributed by atoms with E-state index >= 15 is 0 Å². The average Bonchev–Trinajstić information content (AvgIpc) is 2.38. The van der Waals surface area contributed by atoms with E-state index in [1.165, 1.54) is 0 Å². The van der Waals surface area contributed by atoms with Crippen molar-refractivity contribution in [2.24, 2.45) is 11.7 Å². The number of phenolic OH excluding ortho intramolecular Hbond substituents is 1. The van der Waals surface area contributed by atoms with E-state index in [0.29, 0.717) is 18.9 Å². The van der Waals surface area contributed by atoms with Crippen molar-refractivity contribution in [2.75, 3.05) is 6.54 Å². The molecular weight excluding hydrogens is 228 g/mol. The highest BCUT2D eigenvalue weighted by molar-refractivity contribution is 5.81. The van der Waals surface area contributed by atoms with Gasteiger partial charge in [0, 0.05) is 6.54 Å². The van der Waals surface area contributed by atoms with Crippen LogP contribution in [0.5, 0.6) is 5.75 Å². The number of carbonyl (C=O) groups is 1. The molecule has 4 N–H and O–H groups in total. The lowest BCUT2D eigenvalue weighted by Crippen LogP contribution is -2.43. The zero-order valence-corrected chi connectivity index (χ0v) is 11.0. The first-order valence-electron chi connectivity index (χ1n) is 6.34. The molecule has 4 nitrogen and oxygen atoms in total. The first kappa shape index (κ1) is 14.5. The molecule has 4 heteroatoms. The molecule has 0 aliphatic rings. The zero-order chi connectivity index (χ0) is 13.5. The van der Waals surface area contributed by atoms with Gasteiger partial charge in [0.15, 0.2) is 0 Å². The molecule has 18 heavy (non-hydrogen) atoms. The summed E-state index contributed by atoms with van der Waals surface area (Å²) in [6, 6.07) is 6.20. The maximum absolute atomic E-state index is 11.7. The van der Waals surface area contributed by atoms with Crippen LogP contribution in [0.1, 0.15) is 25.8 Å². The normalized spacial score (nSPS) is 13.9. The van der Waals surface area contributed by atoms with E-state index < -0.39 is 6.04 Å². The van der Waals surface area contributed by atoms with Crippen molar-refractivity contribution in [2.45, 2.75) is 32.7 Å². The van der Waals surface area contributed by atoms with Gasteiger partial charge in [-0.1, -0.05) is 32.4 Å². The topological polar surface area (TPSA) is 75.4 Å². The van der Waals surface area contributed by atoms with Gasteiger partial charge in [-0.15, -0.1) is 0 Å². The Bertz CT molecular complexity index is 376. The summed E-state index contributed by atoms with van der Waals surface area (Å²) < 4.78 is 0. The number of carbonyl (C=O) groups excluding carboxylic acids is 1. The van der Waals surface area contributed by atoms with Gasteiger partial charge in [-0.05, 0) is 30.0 Å². The van der Waals surface area contributed by atoms with Crippen LogP contribution in [0.3, 0.4) is 0 Å². The van der Waals surface area contributed by atoms with Gasteiger partial charge in [-0.25, -0.2) is 0 Å². The lowest BCUT2D eigenvalue weighted by Gasteiger charge is -2.14. The molecule has 0 aliphatic heterocycles. The summed E-state index contributed by atoms with van der Waals surface area (Å²) in [7, 11) is 0. The molecule has 0 bridgehead atoms. The number of nitrogens with one attached hydrogen (secondary N) is 1. The molecule has 0 fully saturated rings. The molecule has 0 radical (unpaired) electrons. The maximum Gasteiger partial charge on any atom is 0.237 e. The number of hydrogen-bond acceptors (Lipinski definition) is 3. The number of aromatic hydroxyl groups is 1. The van der Waals surface area contributed by atoms with E-state index in [9.17, 15) is 4.79 Å². The second kappa shape index (κ2) is 7.01.